The number of ether oxygens (including phenoxy) is 1. The number of fused-ring (bicyclic) bond motifs is 5. The van der Waals surface area contributed by atoms with Crippen molar-refractivity contribution in [3.8, 4) is 11.3 Å². The average molecular weight is 729 g/mol. The van der Waals surface area contributed by atoms with Crippen LogP contribution in [-0.4, -0.2) is 16.8 Å². The minimum atomic E-state index is -0.0211. The summed E-state index contributed by atoms with van der Waals surface area (Å²) in [6.07, 6.45) is 13.6. The van der Waals surface area contributed by atoms with Gasteiger partial charge in [-0.1, -0.05) is 86.4 Å². The molecule has 0 saturated carbocycles. The Balaban J connectivity index is 0.00000336. The summed E-state index contributed by atoms with van der Waals surface area (Å²) in [5.41, 5.74) is 10.1. The molecule has 0 amide bonds. The van der Waals surface area contributed by atoms with E-state index in [0.717, 1.165) is 13.0 Å². The van der Waals surface area contributed by atoms with Gasteiger partial charge in [0.15, 0.2) is 0 Å². The Morgan fingerprint density at radius 3 is 2.21 bits per heavy atom. The number of aromatic nitrogens is 1. The zero-order valence-electron chi connectivity index (χ0n) is 26.0. The van der Waals surface area contributed by atoms with Crippen LogP contribution < -0.4 is 49.6 Å². The van der Waals surface area contributed by atoms with Crippen LogP contribution in [0.4, 0.5) is 0 Å². The van der Waals surface area contributed by atoms with Gasteiger partial charge in [0.2, 0.25) is 0 Å². The third-order valence-corrected chi connectivity index (χ3v) is 8.62. The van der Waals surface area contributed by atoms with Crippen LogP contribution in [0.3, 0.4) is 0 Å². The molecule has 2 unspecified atom stereocenters. The van der Waals surface area contributed by atoms with E-state index in [0.29, 0.717) is 11.8 Å². The Bertz CT molecular complexity index is 1370. The summed E-state index contributed by atoms with van der Waals surface area (Å²) < 4.78 is 8.30. The van der Waals surface area contributed by atoms with Gasteiger partial charge in [0.25, 0.3) is 0 Å². The first kappa shape index (κ1) is 41.5. The molecule has 0 fully saturated rings. The SMILES string of the molecule is Cc1ccc2c(c1)c1c(n2C)-c2ccccc2C1C(C)(C)C1C=CC(CCCCCCOC(C)(C)C)=C1.[Cl-].[Cl-].[Cl-].[Cl-].[Zr+4]. The second-order valence-corrected chi connectivity index (χ2v) is 12.9. The predicted octanol–water partition coefficient (Wildman–Crippen LogP) is -2.48. The van der Waals surface area contributed by atoms with Gasteiger partial charge in [0.05, 0.1) is 11.3 Å². The van der Waals surface area contributed by atoms with Crippen LogP contribution in [0, 0.1) is 18.3 Å². The molecule has 2 aliphatic rings. The third kappa shape index (κ3) is 8.38. The number of hydrogen-bond acceptors (Lipinski definition) is 1. The molecule has 0 aliphatic heterocycles. The van der Waals surface area contributed by atoms with Gasteiger partial charge >= 0.3 is 26.2 Å². The zero-order valence-corrected chi connectivity index (χ0v) is 31.5. The van der Waals surface area contributed by atoms with Crippen molar-refractivity contribution in [1.29, 1.82) is 0 Å². The number of unbranched alkanes of at least 4 members (excludes halogenated alkanes) is 3. The predicted molar refractivity (Wildman–Crippen MR) is 158 cm³/mol. The number of nitrogens with zero attached hydrogens (tertiary/aromatic N) is 1. The average Bonchev–Trinajstić information content (AvgIpc) is 3.52. The normalized spacial score (nSPS) is 16.7. The number of halogens is 4. The molecule has 42 heavy (non-hydrogen) atoms. The molecule has 3 aromatic rings. The maximum absolute atomic E-state index is 5.87. The molecule has 7 heteroatoms. The summed E-state index contributed by atoms with van der Waals surface area (Å²) >= 11 is 0. The summed E-state index contributed by atoms with van der Waals surface area (Å²) in [5, 5.41) is 1.42. The Kier molecular flexibility index (Phi) is 16.5. The summed E-state index contributed by atoms with van der Waals surface area (Å²) in [6.45, 7) is 14.5. The Morgan fingerprint density at radius 1 is 0.857 bits per heavy atom. The van der Waals surface area contributed by atoms with E-state index in [-0.39, 0.29) is 86.8 Å². The van der Waals surface area contributed by atoms with Crippen molar-refractivity contribution in [3.05, 3.63) is 83.0 Å². The number of aryl methyl sites for hydroxylation is 2. The van der Waals surface area contributed by atoms with Crippen molar-refractivity contribution in [1.82, 2.24) is 4.57 Å². The van der Waals surface area contributed by atoms with Crippen LogP contribution in [0.2, 0.25) is 0 Å². The van der Waals surface area contributed by atoms with Gasteiger partial charge < -0.3 is 58.9 Å². The molecular weight excluding hydrogens is 683 g/mol. The molecule has 0 bridgehead atoms. The van der Waals surface area contributed by atoms with E-state index in [1.54, 1.807) is 0 Å². The van der Waals surface area contributed by atoms with Crippen molar-refractivity contribution in [2.75, 3.05) is 6.61 Å². The van der Waals surface area contributed by atoms with Gasteiger partial charge in [-0.25, -0.2) is 0 Å². The monoisotopic (exact) mass is 725 g/mol. The van der Waals surface area contributed by atoms with Gasteiger partial charge in [0.1, 0.15) is 0 Å². The molecule has 2 atom stereocenters. The summed E-state index contributed by atoms with van der Waals surface area (Å²) in [7, 11) is 2.24. The third-order valence-electron chi connectivity index (χ3n) is 8.62. The topological polar surface area (TPSA) is 14.2 Å². The van der Waals surface area contributed by atoms with Crippen molar-refractivity contribution >= 4 is 10.9 Å². The molecule has 0 N–H and O–H groups in total. The van der Waals surface area contributed by atoms with Gasteiger partial charge in [0, 0.05) is 42.0 Å². The van der Waals surface area contributed by atoms with Gasteiger partial charge in [-0.3, -0.25) is 0 Å². The molecule has 0 saturated heterocycles. The molecule has 5 rings (SSSR count). The van der Waals surface area contributed by atoms with E-state index in [1.165, 1.54) is 70.1 Å². The Hall–Kier alpha value is -0.537. The first-order valence-electron chi connectivity index (χ1n) is 14.3. The van der Waals surface area contributed by atoms with Crippen molar-refractivity contribution < 1.29 is 80.6 Å². The summed E-state index contributed by atoms with van der Waals surface area (Å²) in [4.78, 5) is 0. The van der Waals surface area contributed by atoms with Crippen molar-refractivity contribution in [2.45, 2.75) is 85.2 Å². The first-order valence-corrected chi connectivity index (χ1v) is 14.3. The second-order valence-electron chi connectivity index (χ2n) is 12.9. The molecule has 2 aliphatic carbocycles. The van der Waals surface area contributed by atoms with Crippen LogP contribution >= 0.6 is 0 Å². The fourth-order valence-electron chi connectivity index (χ4n) is 6.65. The maximum atomic E-state index is 5.87. The largest absolute Gasteiger partial charge is 4.00 e. The van der Waals surface area contributed by atoms with E-state index in [4.69, 9.17) is 4.74 Å². The van der Waals surface area contributed by atoms with E-state index < -0.39 is 0 Å². The van der Waals surface area contributed by atoms with Crippen LogP contribution in [0.5, 0.6) is 0 Å². The van der Waals surface area contributed by atoms with Gasteiger partial charge in [-0.2, -0.15) is 0 Å². The second kappa shape index (κ2) is 16.7. The molecule has 1 aromatic heterocycles. The minimum absolute atomic E-state index is 0. The number of rotatable bonds is 9. The molecule has 2 nitrogen and oxygen atoms in total. The number of allylic oxidation sites excluding steroid dienone is 4. The van der Waals surface area contributed by atoms with E-state index in [2.05, 4.69) is 114 Å². The maximum Gasteiger partial charge on any atom is 4.00 e. The van der Waals surface area contributed by atoms with Crippen molar-refractivity contribution in [3.63, 3.8) is 0 Å². The number of benzene rings is 2. The fourth-order valence-corrected chi connectivity index (χ4v) is 6.65. The van der Waals surface area contributed by atoms with Crippen LogP contribution in [0.25, 0.3) is 22.2 Å². The molecule has 1 heterocycles. The van der Waals surface area contributed by atoms with Gasteiger partial charge in [-0.05, 0) is 75.6 Å². The van der Waals surface area contributed by atoms with Crippen LogP contribution in [-0.2, 0) is 38.0 Å². The van der Waals surface area contributed by atoms with Gasteiger partial charge in [-0.15, -0.1) is 0 Å². The molecular formula is C35H45Cl4NOZr. The quantitative estimate of drug-likeness (QED) is 0.223. The first-order chi connectivity index (χ1) is 17.6. The van der Waals surface area contributed by atoms with E-state index >= 15 is 0 Å². The Labute approximate surface area is 298 Å². The standard InChI is InChI=1S/C35H45NO.4ClH.Zr/c1-24-17-20-30-29(22-24)31-32(27-15-11-12-16-28(27)33(31)36(30)7)35(5,6)26-19-18-25(23-26)14-10-8-9-13-21-37-34(2,3)4;;;;;/h11-12,15-20,22-23,26,32H,8-10,13-14,21H2,1-7H3;4*1H;/q;;;;;+4/p-4. The van der Waals surface area contributed by atoms with Crippen LogP contribution in [0.1, 0.15) is 89.3 Å². The van der Waals surface area contributed by atoms with E-state index in [1.807, 2.05) is 0 Å². The zero-order chi connectivity index (χ0) is 26.4. The minimum Gasteiger partial charge on any atom is -1.00 e. The summed E-state index contributed by atoms with van der Waals surface area (Å²) in [6, 6.07) is 16.1. The molecule has 0 radical (unpaired) electrons. The molecule has 2 aromatic carbocycles. The van der Waals surface area contributed by atoms with Crippen LogP contribution in [0.15, 0.2) is 66.3 Å². The molecule has 0 spiro atoms. The Morgan fingerprint density at radius 2 is 1.52 bits per heavy atom. The number of hydrogen-bond donors (Lipinski definition) is 0. The van der Waals surface area contributed by atoms with E-state index in [9.17, 15) is 0 Å². The summed E-state index contributed by atoms with van der Waals surface area (Å²) in [5.74, 6) is 0.809. The van der Waals surface area contributed by atoms with Crippen molar-refractivity contribution in [2.24, 2.45) is 18.4 Å². The smallest absolute Gasteiger partial charge is 1.00 e. The molecule has 228 valence electrons. The fraction of sp³-hybridized carbons (Fsp3) is 0.486.